The number of amides is 1. The Hall–Kier alpha value is -1.06. The van der Waals surface area contributed by atoms with E-state index in [-0.39, 0.29) is 5.91 Å². The molecule has 4 heteroatoms. The van der Waals surface area contributed by atoms with Gasteiger partial charge in [-0.1, -0.05) is 27.7 Å². The molecule has 94 valence electrons. The zero-order chi connectivity index (χ0) is 12.8. The van der Waals surface area contributed by atoms with Crippen LogP contribution in [0.3, 0.4) is 0 Å². The van der Waals surface area contributed by atoms with Crippen LogP contribution in [0.5, 0.6) is 0 Å². The number of hydrogen-bond donors (Lipinski definition) is 2. The van der Waals surface area contributed by atoms with E-state index in [4.69, 9.17) is 5.11 Å². The minimum Gasteiger partial charge on any atom is -0.480 e. The summed E-state index contributed by atoms with van der Waals surface area (Å²) in [6.45, 7) is 7.63. The van der Waals surface area contributed by atoms with E-state index in [0.29, 0.717) is 25.2 Å². The molecule has 0 bridgehead atoms. The first kappa shape index (κ1) is 14.9. The van der Waals surface area contributed by atoms with Gasteiger partial charge < -0.3 is 10.4 Å². The van der Waals surface area contributed by atoms with E-state index in [1.165, 1.54) is 0 Å². The number of carbonyl (C=O) groups is 2. The van der Waals surface area contributed by atoms with Gasteiger partial charge in [0.1, 0.15) is 5.54 Å². The Labute approximate surface area is 97.4 Å². The molecule has 0 saturated heterocycles. The van der Waals surface area contributed by atoms with Gasteiger partial charge in [-0.15, -0.1) is 0 Å². The third kappa shape index (κ3) is 4.21. The van der Waals surface area contributed by atoms with Gasteiger partial charge in [0, 0.05) is 6.42 Å². The maximum absolute atomic E-state index is 11.6. The lowest BCUT2D eigenvalue weighted by atomic mass is 9.92. The van der Waals surface area contributed by atoms with Crippen molar-refractivity contribution in [2.75, 3.05) is 0 Å². The van der Waals surface area contributed by atoms with Gasteiger partial charge in [0.15, 0.2) is 0 Å². The van der Waals surface area contributed by atoms with Crippen LogP contribution in [0.25, 0.3) is 0 Å². The number of carbonyl (C=O) groups excluding carboxylic acids is 1. The van der Waals surface area contributed by atoms with Gasteiger partial charge in [0.05, 0.1) is 0 Å². The Bertz CT molecular complexity index is 245. The van der Waals surface area contributed by atoms with Gasteiger partial charge in [-0.3, -0.25) is 4.79 Å². The number of aliphatic carboxylic acids is 1. The van der Waals surface area contributed by atoms with Crippen LogP contribution in [0, 0.1) is 5.92 Å². The van der Waals surface area contributed by atoms with Crippen molar-refractivity contribution in [3.63, 3.8) is 0 Å². The molecular weight excluding hydrogens is 206 g/mol. The minimum atomic E-state index is -1.09. The molecule has 0 aliphatic rings. The van der Waals surface area contributed by atoms with Crippen LogP contribution in [-0.2, 0) is 9.59 Å². The lowest BCUT2D eigenvalue weighted by Gasteiger charge is -2.28. The van der Waals surface area contributed by atoms with Crippen molar-refractivity contribution in [2.24, 2.45) is 5.92 Å². The average Bonchev–Trinajstić information content (AvgIpc) is 2.22. The van der Waals surface area contributed by atoms with E-state index >= 15 is 0 Å². The second-order valence-corrected chi connectivity index (χ2v) is 4.58. The molecule has 0 fully saturated rings. The number of nitrogens with one attached hydrogen (secondary N) is 1. The molecule has 0 unspecified atom stereocenters. The molecule has 16 heavy (non-hydrogen) atoms. The Morgan fingerprint density at radius 2 is 1.75 bits per heavy atom. The second kappa shape index (κ2) is 6.51. The van der Waals surface area contributed by atoms with Crippen molar-refractivity contribution < 1.29 is 14.7 Å². The molecule has 0 aromatic heterocycles. The summed E-state index contributed by atoms with van der Waals surface area (Å²) in [5.41, 5.74) is -1.09. The summed E-state index contributed by atoms with van der Waals surface area (Å²) >= 11 is 0. The zero-order valence-corrected chi connectivity index (χ0v) is 10.7. The maximum Gasteiger partial charge on any atom is 0.329 e. The van der Waals surface area contributed by atoms with Crippen LogP contribution >= 0.6 is 0 Å². The second-order valence-electron chi connectivity index (χ2n) is 4.58. The standard InChI is InChI=1S/C12H23NO3/c1-5-12(6-2,11(15)16)13-10(14)8-7-9(3)4/h9H,5-8H2,1-4H3,(H,13,14)(H,15,16). The van der Waals surface area contributed by atoms with Gasteiger partial charge in [0.25, 0.3) is 0 Å². The third-order valence-corrected chi connectivity index (χ3v) is 2.94. The smallest absolute Gasteiger partial charge is 0.329 e. The molecule has 4 nitrogen and oxygen atoms in total. The minimum absolute atomic E-state index is 0.167. The van der Waals surface area contributed by atoms with Crippen molar-refractivity contribution in [1.82, 2.24) is 5.32 Å². The van der Waals surface area contributed by atoms with Crippen molar-refractivity contribution in [2.45, 2.75) is 58.9 Å². The number of rotatable bonds is 7. The molecule has 2 N–H and O–H groups in total. The topological polar surface area (TPSA) is 66.4 Å². The molecular formula is C12H23NO3. The first-order valence-electron chi connectivity index (χ1n) is 5.92. The van der Waals surface area contributed by atoms with E-state index in [0.717, 1.165) is 6.42 Å². The van der Waals surface area contributed by atoms with E-state index < -0.39 is 11.5 Å². The number of carboxylic acid groups (broad SMARTS) is 1. The first-order chi connectivity index (χ1) is 7.38. The number of hydrogen-bond acceptors (Lipinski definition) is 2. The van der Waals surface area contributed by atoms with E-state index in [1.807, 2.05) is 13.8 Å². The first-order valence-corrected chi connectivity index (χ1v) is 5.92. The Kier molecular flexibility index (Phi) is 6.08. The van der Waals surface area contributed by atoms with Gasteiger partial charge in [-0.2, -0.15) is 0 Å². The molecule has 0 aromatic carbocycles. The highest BCUT2D eigenvalue weighted by Crippen LogP contribution is 2.16. The largest absolute Gasteiger partial charge is 0.480 e. The zero-order valence-electron chi connectivity index (χ0n) is 10.7. The van der Waals surface area contributed by atoms with E-state index in [9.17, 15) is 9.59 Å². The fourth-order valence-electron chi connectivity index (χ4n) is 1.53. The van der Waals surface area contributed by atoms with E-state index in [1.54, 1.807) is 13.8 Å². The Morgan fingerprint density at radius 1 is 1.25 bits per heavy atom. The highest BCUT2D eigenvalue weighted by atomic mass is 16.4. The fourth-order valence-corrected chi connectivity index (χ4v) is 1.53. The van der Waals surface area contributed by atoms with Crippen LogP contribution in [0.2, 0.25) is 0 Å². The summed E-state index contributed by atoms with van der Waals surface area (Å²) in [6.07, 6.45) is 2.00. The summed E-state index contributed by atoms with van der Waals surface area (Å²) in [4.78, 5) is 22.8. The van der Waals surface area contributed by atoms with Crippen LogP contribution in [0.4, 0.5) is 0 Å². The summed E-state index contributed by atoms with van der Waals surface area (Å²) in [5.74, 6) is -0.663. The van der Waals surface area contributed by atoms with Gasteiger partial charge >= 0.3 is 5.97 Å². The van der Waals surface area contributed by atoms with Crippen molar-refractivity contribution in [3.05, 3.63) is 0 Å². The third-order valence-electron chi connectivity index (χ3n) is 2.94. The van der Waals surface area contributed by atoms with Gasteiger partial charge in [-0.25, -0.2) is 4.79 Å². The average molecular weight is 229 g/mol. The van der Waals surface area contributed by atoms with E-state index in [2.05, 4.69) is 5.32 Å². The lowest BCUT2D eigenvalue weighted by molar-refractivity contribution is -0.148. The Balaban J connectivity index is 4.41. The van der Waals surface area contributed by atoms with Crippen LogP contribution in [0.15, 0.2) is 0 Å². The number of carboxylic acids is 1. The summed E-state index contributed by atoms with van der Waals surface area (Å²) in [6, 6.07) is 0. The SMILES string of the molecule is CCC(CC)(NC(=O)CCC(C)C)C(=O)O. The van der Waals surface area contributed by atoms with Crippen LogP contribution < -0.4 is 5.32 Å². The predicted octanol–water partition coefficient (Wildman–Crippen LogP) is 2.18. The summed E-state index contributed by atoms with van der Waals surface area (Å²) in [5, 5.41) is 11.8. The van der Waals surface area contributed by atoms with Crippen LogP contribution in [0.1, 0.15) is 53.4 Å². The molecule has 0 atom stereocenters. The lowest BCUT2D eigenvalue weighted by Crippen LogP contribution is -2.53. The highest BCUT2D eigenvalue weighted by Gasteiger charge is 2.36. The molecule has 0 spiro atoms. The van der Waals surface area contributed by atoms with Crippen molar-refractivity contribution in [3.8, 4) is 0 Å². The highest BCUT2D eigenvalue weighted by molar-refractivity contribution is 5.86. The molecule has 0 heterocycles. The normalized spacial score (nSPS) is 11.6. The predicted molar refractivity (Wildman–Crippen MR) is 63.2 cm³/mol. The molecule has 0 aliphatic heterocycles. The summed E-state index contributed by atoms with van der Waals surface area (Å²) in [7, 11) is 0. The van der Waals surface area contributed by atoms with Gasteiger partial charge in [0.2, 0.25) is 5.91 Å². The monoisotopic (exact) mass is 229 g/mol. The molecule has 1 amide bonds. The molecule has 0 radical (unpaired) electrons. The molecule has 0 aliphatic carbocycles. The van der Waals surface area contributed by atoms with Gasteiger partial charge in [-0.05, 0) is 25.2 Å². The molecule has 0 saturated carbocycles. The maximum atomic E-state index is 11.6. The van der Waals surface area contributed by atoms with Crippen LogP contribution in [-0.4, -0.2) is 22.5 Å². The van der Waals surface area contributed by atoms with Crippen molar-refractivity contribution >= 4 is 11.9 Å². The fraction of sp³-hybridized carbons (Fsp3) is 0.833. The molecule has 0 aromatic rings. The Morgan fingerprint density at radius 3 is 2.06 bits per heavy atom. The quantitative estimate of drug-likeness (QED) is 0.703. The summed E-state index contributed by atoms with van der Waals surface area (Å²) < 4.78 is 0. The molecule has 0 rings (SSSR count). The van der Waals surface area contributed by atoms with Crippen molar-refractivity contribution in [1.29, 1.82) is 0 Å².